The highest BCUT2D eigenvalue weighted by Gasteiger charge is 2.08. The molecule has 0 fully saturated rings. The van der Waals surface area contributed by atoms with Gasteiger partial charge in [-0.1, -0.05) is 40.2 Å². The summed E-state index contributed by atoms with van der Waals surface area (Å²) in [6.45, 7) is 2.91. The van der Waals surface area contributed by atoms with Gasteiger partial charge in [0.2, 0.25) is 0 Å². The van der Waals surface area contributed by atoms with Gasteiger partial charge in [0.25, 0.3) is 0 Å². The first-order valence-corrected chi connectivity index (χ1v) is 6.68. The van der Waals surface area contributed by atoms with Crippen molar-refractivity contribution >= 4 is 27.3 Å². The first kappa shape index (κ1) is 13.0. The van der Waals surface area contributed by atoms with Gasteiger partial charge in [-0.2, -0.15) is 0 Å². The average Bonchev–Trinajstić information content (AvgIpc) is 2.35. The Hall–Kier alpha value is -1.48. The number of rotatable bonds is 3. The molecule has 3 heteroatoms. The third-order valence-corrected chi connectivity index (χ3v) is 3.74. The van der Waals surface area contributed by atoms with Crippen molar-refractivity contribution in [3.63, 3.8) is 0 Å². The minimum Gasteiger partial charge on any atom is -0.397 e. The molecule has 94 valence electrons. The topological polar surface area (TPSA) is 29.3 Å². The molecule has 0 aliphatic heterocycles. The maximum atomic E-state index is 6.03. The molecule has 0 radical (unpaired) electrons. The minimum atomic E-state index is 0.815. The lowest BCUT2D eigenvalue weighted by Crippen LogP contribution is -2.18. The Kier molecular flexibility index (Phi) is 3.92. The van der Waals surface area contributed by atoms with Crippen LogP contribution in [0.25, 0.3) is 0 Å². The van der Waals surface area contributed by atoms with E-state index in [-0.39, 0.29) is 0 Å². The Labute approximate surface area is 117 Å². The van der Waals surface area contributed by atoms with Crippen LogP contribution in [0, 0.1) is 6.92 Å². The largest absolute Gasteiger partial charge is 0.397 e. The van der Waals surface area contributed by atoms with Crippen molar-refractivity contribution in [2.45, 2.75) is 13.5 Å². The number of nitrogens with zero attached hydrogens (tertiary/aromatic N) is 1. The zero-order valence-electron chi connectivity index (χ0n) is 10.7. The molecule has 2 aromatic carbocycles. The molecule has 0 aromatic heterocycles. The van der Waals surface area contributed by atoms with E-state index >= 15 is 0 Å². The molecule has 2 nitrogen and oxygen atoms in total. The number of hydrogen-bond donors (Lipinski definition) is 1. The molecule has 2 N–H and O–H groups in total. The first-order valence-electron chi connectivity index (χ1n) is 5.88. The predicted octanol–water partition coefficient (Wildman–Crippen LogP) is 3.98. The molecule has 0 aliphatic carbocycles. The van der Waals surface area contributed by atoms with Crippen LogP contribution in [0.1, 0.15) is 11.1 Å². The van der Waals surface area contributed by atoms with Crippen LogP contribution in [-0.4, -0.2) is 7.05 Å². The summed E-state index contributed by atoms with van der Waals surface area (Å²) in [7, 11) is 2.06. The predicted molar refractivity (Wildman–Crippen MR) is 81.8 cm³/mol. The summed E-state index contributed by atoms with van der Waals surface area (Å²) in [5.74, 6) is 0. The quantitative estimate of drug-likeness (QED) is 0.869. The smallest absolute Gasteiger partial charge is 0.0603 e. The SMILES string of the molecule is Cc1ccc(N)c(N(C)Cc2ccccc2Br)c1. The van der Waals surface area contributed by atoms with Crippen LogP contribution in [0.15, 0.2) is 46.9 Å². The van der Waals surface area contributed by atoms with Gasteiger partial charge in [-0.25, -0.2) is 0 Å². The normalized spacial score (nSPS) is 10.4. The Morgan fingerprint density at radius 1 is 1.17 bits per heavy atom. The Balaban J connectivity index is 2.25. The summed E-state index contributed by atoms with van der Waals surface area (Å²) in [6.07, 6.45) is 0. The van der Waals surface area contributed by atoms with Crippen LogP contribution in [0.3, 0.4) is 0 Å². The third-order valence-electron chi connectivity index (χ3n) is 2.96. The molecule has 0 unspecified atom stereocenters. The second-order valence-corrected chi connectivity index (χ2v) is 5.36. The van der Waals surface area contributed by atoms with Crippen LogP contribution in [0.4, 0.5) is 11.4 Å². The van der Waals surface area contributed by atoms with E-state index in [9.17, 15) is 0 Å². The maximum absolute atomic E-state index is 6.03. The first-order chi connectivity index (χ1) is 8.58. The van der Waals surface area contributed by atoms with Crippen molar-refractivity contribution in [2.75, 3.05) is 17.7 Å². The van der Waals surface area contributed by atoms with Crippen LogP contribution < -0.4 is 10.6 Å². The van der Waals surface area contributed by atoms with Crippen molar-refractivity contribution in [3.8, 4) is 0 Å². The van der Waals surface area contributed by atoms with Gasteiger partial charge in [0.1, 0.15) is 0 Å². The zero-order chi connectivity index (χ0) is 13.1. The lowest BCUT2D eigenvalue weighted by Gasteiger charge is -2.22. The fourth-order valence-corrected chi connectivity index (χ4v) is 2.36. The van der Waals surface area contributed by atoms with E-state index in [4.69, 9.17) is 5.73 Å². The number of aryl methyl sites for hydroxylation is 1. The molecule has 0 amide bonds. The summed E-state index contributed by atoms with van der Waals surface area (Å²) < 4.78 is 1.13. The highest BCUT2D eigenvalue weighted by Crippen LogP contribution is 2.26. The molecular weight excluding hydrogens is 288 g/mol. The van der Waals surface area contributed by atoms with Crippen molar-refractivity contribution < 1.29 is 0 Å². The van der Waals surface area contributed by atoms with Gasteiger partial charge in [0.15, 0.2) is 0 Å². The van der Waals surface area contributed by atoms with Crippen molar-refractivity contribution in [3.05, 3.63) is 58.1 Å². The molecule has 0 heterocycles. The summed E-state index contributed by atoms with van der Waals surface area (Å²) in [6, 6.07) is 14.4. The van der Waals surface area contributed by atoms with E-state index in [1.54, 1.807) is 0 Å². The van der Waals surface area contributed by atoms with Crippen LogP contribution in [0.5, 0.6) is 0 Å². The highest BCUT2D eigenvalue weighted by atomic mass is 79.9. The van der Waals surface area contributed by atoms with Gasteiger partial charge < -0.3 is 10.6 Å². The lowest BCUT2D eigenvalue weighted by atomic mass is 10.1. The van der Waals surface area contributed by atoms with E-state index in [0.29, 0.717) is 0 Å². The standard InChI is InChI=1S/C15H17BrN2/c1-11-7-8-14(17)15(9-11)18(2)10-12-5-3-4-6-13(12)16/h3-9H,10,17H2,1-2H3. The van der Waals surface area contributed by atoms with Gasteiger partial charge in [-0.15, -0.1) is 0 Å². The van der Waals surface area contributed by atoms with Crippen LogP contribution in [-0.2, 0) is 6.54 Å². The van der Waals surface area contributed by atoms with Crippen molar-refractivity contribution in [2.24, 2.45) is 0 Å². The summed E-state index contributed by atoms with van der Waals surface area (Å²) in [4.78, 5) is 2.17. The molecule has 2 aromatic rings. The average molecular weight is 305 g/mol. The van der Waals surface area contributed by atoms with Gasteiger partial charge in [0.05, 0.1) is 11.4 Å². The van der Waals surface area contributed by atoms with Gasteiger partial charge in [-0.05, 0) is 36.2 Å². The van der Waals surface area contributed by atoms with Gasteiger partial charge in [0, 0.05) is 18.1 Å². The fraction of sp³-hybridized carbons (Fsp3) is 0.200. The van der Waals surface area contributed by atoms with Crippen molar-refractivity contribution in [1.29, 1.82) is 0 Å². The summed E-state index contributed by atoms with van der Waals surface area (Å²) in [5.41, 5.74) is 10.4. The number of benzene rings is 2. The highest BCUT2D eigenvalue weighted by molar-refractivity contribution is 9.10. The molecule has 2 rings (SSSR count). The van der Waals surface area contributed by atoms with E-state index < -0.39 is 0 Å². The second kappa shape index (κ2) is 5.44. The van der Waals surface area contributed by atoms with Crippen LogP contribution in [0.2, 0.25) is 0 Å². The molecular formula is C15H17BrN2. The van der Waals surface area contributed by atoms with Crippen molar-refractivity contribution in [1.82, 2.24) is 0 Å². The van der Waals surface area contributed by atoms with Gasteiger partial charge >= 0.3 is 0 Å². The molecule has 18 heavy (non-hydrogen) atoms. The zero-order valence-corrected chi connectivity index (χ0v) is 12.2. The molecule has 0 saturated heterocycles. The Morgan fingerprint density at radius 3 is 2.61 bits per heavy atom. The van der Waals surface area contributed by atoms with E-state index in [0.717, 1.165) is 22.4 Å². The van der Waals surface area contributed by atoms with Crippen LogP contribution >= 0.6 is 15.9 Å². The van der Waals surface area contributed by atoms with E-state index in [1.807, 2.05) is 24.3 Å². The fourth-order valence-electron chi connectivity index (χ4n) is 1.95. The molecule has 0 bridgehead atoms. The van der Waals surface area contributed by atoms with E-state index in [1.165, 1.54) is 11.1 Å². The Morgan fingerprint density at radius 2 is 1.89 bits per heavy atom. The molecule has 0 aliphatic rings. The second-order valence-electron chi connectivity index (χ2n) is 4.51. The van der Waals surface area contributed by atoms with E-state index in [2.05, 4.69) is 53.0 Å². The monoisotopic (exact) mass is 304 g/mol. The Bertz CT molecular complexity index is 552. The van der Waals surface area contributed by atoms with Gasteiger partial charge in [-0.3, -0.25) is 0 Å². The third kappa shape index (κ3) is 2.85. The lowest BCUT2D eigenvalue weighted by molar-refractivity contribution is 0.919. The number of hydrogen-bond acceptors (Lipinski definition) is 2. The maximum Gasteiger partial charge on any atom is 0.0603 e. The number of nitrogen functional groups attached to an aromatic ring is 1. The number of anilines is 2. The minimum absolute atomic E-state index is 0.815. The molecule has 0 spiro atoms. The summed E-state index contributed by atoms with van der Waals surface area (Å²) >= 11 is 3.57. The number of halogens is 1. The summed E-state index contributed by atoms with van der Waals surface area (Å²) in [5, 5.41) is 0. The number of nitrogens with two attached hydrogens (primary N) is 1. The molecule has 0 saturated carbocycles. The molecule has 0 atom stereocenters.